The predicted octanol–water partition coefficient (Wildman–Crippen LogP) is 1.41. The third-order valence-corrected chi connectivity index (χ3v) is 3.09. The molecule has 2 N–H and O–H groups in total. The Labute approximate surface area is 87.6 Å². The van der Waals surface area contributed by atoms with Gasteiger partial charge in [-0.15, -0.1) is 6.54 Å². The SMILES string of the molecule is C[C-]1CN(N)CC2(CCCOC2)C1.[CH3-].[Lr]. The quantitative estimate of drug-likeness (QED) is 0.439. The molecule has 99 valence electrons. The molecule has 15 heavy (non-hydrogen) atoms. The van der Waals surface area contributed by atoms with Gasteiger partial charge in [0.1, 0.15) is 0 Å². The van der Waals surface area contributed by atoms with Crippen LogP contribution < -0.4 is 5.84 Å². The van der Waals surface area contributed by atoms with Crippen molar-refractivity contribution in [2.75, 3.05) is 26.3 Å². The van der Waals surface area contributed by atoms with Gasteiger partial charge >= 0.3 is 0 Å². The molecule has 1 radical (unpaired) electrons. The van der Waals surface area contributed by atoms with Gasteiger partial charge in [-0.1, -0.05) is 0 Å². The summed E-state index contributed by atoms with van der Waals surface area (Å²) in [6, 6.07) is 0. The Balaban J connectivity index is 0.000000980. The van der Waals surface area contributed by atoms with E-state index in [9.17, 15) is 0 Å². The second kappa shape index (κ2) is 5.10. The minimum atomic E-state index is 0. The number of nitrogens with zero attached hydrogens (tertiary/aromatic N) is 1. The van der Waals surface area contributed by atoms with Crippen LogP contribution in [0, 0.1) is 18.8 Å². The van der Waals surface area contributed by atoms with Crippen LogP contribution in [-0.4, -0.2) is 31.3 Å². The average Bonchev–Trinajstić information content (AvgIpc) is 2.02. The molecule has 2 rings (SSSR count). The molecule has 0 saturated carbocycles. The molecule has 2 aliphatic heterocycles. The second-order valence-electron chi connectivity index (χ2n) is 4.70. The maximum atomic E-state index is 5.89. The first-order chi connectivity index (χ1) is 6.20. The van der Waals surface area contributed by atoms with Crippen molar-refractivity contribution in [1.82, 2.24) is 5.01 Å². The summed E-state index contributed by atoms with van der Waals surface area (Å²) in [5.74, 6) is 7.39. The van der Waals surface area contributed by atoms with Crippen LogP contribution in [0.1, 0.15) is 26.2 Å². The molecule has 0 aromatic rings. The van der Waals surface area contributed by atoms with E-state index in [0.717, 1.165) is 26.3 Å². The zero-order valence-electron chi connectivity index (χ0n) is 9.64. The fourth-order valence-electron chi connectivity index (χ4n) is 2.76. The molecular formula is C11H22LrN2O-2. The number of hydrogen-bond donors (Lipinski definition) is 1. The van der Waals surface area contributed by atoms with E-state index < -0.39 is 0 Å². The monoisotopic (exact) mass is 460 g/mol. The number of rotatable bonds is 0. The zero-order valence-corrected chi connectivity index (χ0v) is 11.8. The molecule has 1 atom stereocenters. The molecule has 2 aliphatic rings. The number of piperidine rings is 1. The third-order valence-electron chi connectivity index (χ3n) is 3.09. The summed E-state index contributed by atoms with van der Waals surface area (Å²) in [6.07, 6.45) is 3.68. The van der Waals surface area contributed by atoms with E-state index >= 15 is 0 Å². The number of hydrogen-bond acceptors (Lipinski definition) is 3. The van der Waals surface area contributed by atoms with Crippen LogP contribution in [0.4, 0.5) is 0 Å². The largest absolute Gasteiger partial charge is 0.381 e. The van der Waals surface area contributed by atoms with Gasteiger partial charge in [0.25, 0.3) is 0 Å². The van der Waals surface area contributed by atoms with E-state index in [2.05, 4.69) is 6.92 Å². The van der Waals surface area contributed by atoms with Gasteiger partial charge in [-0.3, -0.25) is 10.9 Å². The first-order valence-corrected chi connectivity index (χ1v) is 5.09. The van der Waals surface area contributed by atoms with Crippen molar-refractivity contribution in [2.24, 2.45) is 11.3 Å². The molecule has 1 spiro atoms. The van der Waals surface area contributed by atoms with Crippen molar-refractivity contribution in [3.63, 3.8) is 0 Å². The van der Waals surface area contributed by atoms with Crippen LogP contribution in [-0.2, 0) is 4.74 Å². The minimum Gasteiger partial charge on any atom is -0.381 e. The maximum absolute atomic E-state index is 5.89. The van der Waals surface area contributed by atoms with E-state index in [-0.39, 0.29) is 7.43 Å². The van der Waals surface area contributed by atoms with Gasteiger partial charge in [0.15, 0.2) is 0 Å². The Kier molecular flexibility index (Phi) is 4.72. The average molecular weight is 460 g/mol. The van der Waals surface area contributed by atoms with Gasteiger partial charge in [0.2, 0.25) is 0 Å². The minimum absolute atomic E-state index is 0. The zero-order chi connectivity index (χ0) is 9.31. The van der Waals surface area contributed by atoms with Gasteiger partial charge in [0, 0.05) is 13.2 Å². The molecule has 1 unspecified atom stereocenters. The Hall–Kier alpha value is -1.12. The maximum Gasteiger partial charge on any atom is 0.0510 e. The normalized spacial score (nSPS) is 33.2. The Morgan fingerprint density at radius 2 is 2.20 bits per heavy atom. The van der Waals surface area contributed by atoms with Crippen LogP contribution in [0.15, 0.2) is 0 Å². The summed E-state index contributed by atoms with van der Waals surface area (Å²) in [5, 5.41) is 1.94. The third kappa shape index (κ3) is 2.91. The van der Waals surface area contributed by atoms with Gasteiger partial charge in [-0.05, 0) is 18.3 Å². The standard InChI is InChI=1S/C10H19N2O.CH3.Lr/c1-9-5-10(7-12(11)6-9)3-2-4-13-8-10;;/h2-8,11H2,1H3;1H3;/q2*-1;. The Morgan fingerprint density at radius 1 is 1.47 bits per heavy atom. The van der Waals surface area contributed by atoms with Crippen molar-refractivity contribution in [3.8, 4) is 0 Å². The summed E-state index contributed by atoms with van der Waals surface area (Å²) in [5.41, 5.74) is 0.343. The molecule has 2 fully saturated rings. The molecule has 3 nitrogen and oxygen atoms in total. The van der Waals surface area contributed by atoms with E-state index in [1.165, 1.54) is 25.2 Å². The molecule has 0 aromatic heterocycles. The Morgan fingerprint density at radius 3 is 2.73 bits per heavy atom. The number of ether oxygens (including phenoxy) is 1. The van der Waals surface area contributed by atoms with Crippen LogP contribution in [0.2, 0.25) is 0 Å². The van der Waals surface area contributed by atoms with Gasteiger partial charge < -0.3 is 18.1 Å². The molecule has 0 aliphatic carbocycles. The molecule has 0 bridgehead atoms. The first-order valence-electron chi connectivity index (χ1n) is 5.09. The van der Waals surface area contributed by atoms with Gasteiger partial charge in [-0.2, -0.15) is 13.3 Å². The van der Waals surface area contributed by atoms with Crippen LogP contribution in [0.25, 0.3) is 0 Å². The van der Waals surface area contributed by atoms with E-state index in [1.807, 2.05) is 5.01 Å². The molecule has 0 amide bonds. The summed E-state index contributed by atoms with van der Waals surface area (Å²) in [6.45, 7) is 6.00. The van der Waals surface area contributed by atoms with Crippen LogP contribution in [0.3, 0.4) is 0 Å². The van der Waals surface area contributed by atoms with E-state index in [1.54, 1.807) is 0 Å². The van der Waals surface area contributed by atoms with E-state index in [4.69, 9.17) is 10.6 Å². The van der Waals surface area contributed by atoms with E-state index in [0.29, 0.717) is 5.41 Å². The molecule has 2 saturated heterocycles. The fourth-order valence-corrected chi connectivity index (χ4v) is 2.76. The van der Waals surface area contributed by atoms with Gasteiger partial charge in [-0.25, -0.2) is 0 Å². The number of nitrogens with two attached hydrogens (primary N) is 1. The fraction of sp³-hybridized carbons (Fsp3) is 0.818. The van der Waals surface area contributed by atoms with Crippen LogP contribution in [0.5, 0.6) is 0 Å². The van der Waals surface area contributed by atoms with Crippen molar-refractivity contribution in [1.29, 1.82) is 0 Å². The van der Waals surface area contributed by atoms with Gasteiger partial charge in [0.05, 0.1) is 6.61 Å². The second-order valence-corrected chi connectivity index (χ2v) is 4.70. The first kappa shape index (κ1) is 13.9. The smallest absolute Gasteiger partial charge is 0.0510 e. The topological polar surface area (TPSA) is 38.5 Å². The molecule has 4 heteroatoms. The van der Waals surface area contributed by atoms with Crippen molar-refractivity contribution in [2.45, 2.75) is 26.2 Å². The van der Waals surface area contributed by atoms with Crippen molar-refractivity contribution < 1.29 is 4.74 Å². The predicted molar refractivity (Wildman–Crippen MR) is 58.2 cm³/mol. The number of hydrazine groups is 1. The summed E-state index contributed by atoms with van der Waals surface area (Å²) >= 11 is 0. The van der Waals surface area contributed by atoms with Crippen molar-refractivity contribution >= 4 is 0 Å². The summed E-state index contributed by atoms with van der Waals surface area (Å²) < 4.78 is 5.56. The molecule has 0 aromatic carbocycles. The summed E-state index contributed by atoms with van der Waals surface area (Å²) in [4.78, 5) is 0. The Bertz CT molecular complexity index is 171. The summed E-state index contributed by atoms with van der Waals surface area (Å²) in [7, 11) is 0. The molecule has 2 heterocycles. The molecular weight excluding hydrogens is 438 g/mol. The van der Waals surface area contributed by atoms with Crippen LogP contribution >= 0.6 is 0 Å². The van der Waals surface area contributed by atoms with Crippen molar-refractivity contribution in [3.05, 3.63) is 13.3 Å².